The van der Waals surface area contributed by atoms with Crippen molar-refractivity contribution in [3.63, 3.8) is 0 Å². The van der Waals surface area contributed by atoms with Gasteiger partial charge >= 0.3 is 0 Å². The zero-order chi connectivity index (χ0) is 23.0. The summed E-state index contributed by atoms with van der Waals surface area (Å²) in [6.07, 6.45) is 6.91. The van der Waals surface area contributed by atoms with Crippen LogP contribution in [0.4, 0.5) is 11.4 Å². The maximum absolute atomic E-state index is 13.3. The summed E-state index contributed by atoms with van der Waals surface area (Å²) in [5.41, 5.74) is 1.89. The second kappa shape index (κ2) is 8.90. The van der Waals surface area contributed by atoms with E-state index in [1.54, 1.807) is 17.0 Å². The number of amides is 2. The molecule has 172 valence electrons. The first kappa shape index (κ1) is 22.1. The van der Waals surface area contributed by atoms with Crippen LogP contribution in [0.25, 0.3) is 0 Å². The Kier molecular flexibility index (Phi) is 5.95. The Morgan fingerprint density at radius 3 is 2.21 bits per heavy atom. The molecule has 0 spiro atoms. The van der Waals surface area contributed by atoms with Gasteiger partial charge in [-0.3, -0.25) is 9.59 Å². The van der Waals surface area contributed by atoms with Crippen LogP contribution in [0.2, 0.25) is 0 Å². The van der Waals surface area contributed by atoms with Gasteiger partial charge in [0.05, 0.1) is 5.41 Å². The van der Waals surface area contributed by atoms with Crippen molar-refractivity contribution >= 4 is 40.5 Å². The highest BCUT2D eigenvalue weighted by Crippen LogP contribution is 2.60. The summed E-state index contributed by atoms with van der Waals surface area (Å²) in [6, 6.07) is 16.9. The smallest absolute Gasteiger partial charge is 0.258 e. The SMILES string of the molecule is CCN(C(=O)c1cccc(NC(=S)NC(=O)C23CC4CC(CC(C4)C2)C3)c1)c1ccccc1. The van der Waals surface area contributed by atoms with Crippen molar-refractivity contribution in [2.24, 2.45) is 23.2 Å². The number of anilines is 2. The van der Waals surface area contributed by atoms with E-state index in [1.165, 1.54) is 19.3 Å². The molecule has 4 saturated carbocycles. The molecule has 5 nitrogen and oxygen atoms in total. The Morgan fingerprint density at radius 2 is 1.61 bits per heavy atom. The number of benzene rings is 2. The molecule has 4 fully saturated rings. The first-order valence-corrected chi connectivity index (χ1v) is 12.5. The monoisotopic (exact) mass is 461 g/mol. The van der Waals surface area contributed by atoms with Crippen LogP contribution >= 0.6 is 12.2 Å². The molecule has 4 aliphatic carbocycles. The number of carbonyl (C=O) groups excluding carboxylic acids is 2. The minimum Gasteiger partial charge on any atom is -0.332 e. The normalized spacial score (nSPS) is 27.1. The largest absolute Gasteiger partial charge is 0.332 e. The average Bonchev–Trinajstić information content (AvgIpc) is 2.79. The van der Waals surface area contributed by atoms with E-state index in [0.29, 0.717) is 40.7 Å². The van der Waals surface area contributed by atoms with Crippen LogP contribution in [-0.4, -0.2) is 23.5 Å². The second-order valence-electron chi connectivity index (χ2n) is 10.1. The lowest BCUT2D eigenvalue weighted by atomic mass is 9.49. The van der Waals surface area contributed by atoms with Gasteiger partial charge in [0.15, 0.2) is 5.11 Å². The summed E-state index contributed by atoms with van der Waals surface area (Å²) in [4.78, 5) is 28.1. The van der Waals surface area contributed by atoms with Gasteiger partial charge in [0.2, 0.25) is 5.91 Å². The fraction of sp³-hybridized carbons (Fsp3) is 0.444. The summed E-state index contributed by atoms with van der Waals surface area (Å²) in [5.74, 6) is 2.12. The molecule has 0 aliphatic heterocycles. The molecule has 33 heavy (non-hydrogen) atoms. The Labute approximate surface area is 200 Å². The molecule has 0 aromatic heterocycles. The van der Waals surface area contributed by atoms with Crippen molar-refractivity contribution in [3.05, 3.63) is 60.2 Å². The van der Waals surface area contributed by atoms with Crippen molar-refractivity contribution in [1.82, 2.24) is 5.32 Å². The Bertz CT molecular complexity index is 1030. The van der Waals surface area contributed by atoms with E-state index in [2.05, 4.69) is 10.6 Å². The van der Waals surface area contributed by atoms with Gasteiger partial charge in [-0.1, -0.05) is 24.3 Å². The molecule has 2 N–H and O–H groups in total. The predicted molar refractivity (Wildman–Crippen MR) is 135 cm³/mol. The number of hydrogen-bond donors (Lipinski definition) is 2. The third-order valence-corrected chi connectivity index (χ3v) is 7.95. The lowest BCUT2D eigenvalue weighted by Crippen LogP contribution is -2.55. The molecular formula is C27H31N3O2S. The van der Waals surface area contributed by atoms with Crippen LogP contribution in [0.5, 0.6) is 0 Å². The lowest BCUT2D eigenvalue weighted by molar-refractivity contribution is -0.144. The molecule has 0 saturated heterocycles. The zero-order valence-electron chi connectivity index (χ0n) is 19.0. The van der Waals surface area contributed by atoms with E-state index in [0.717, 1.165) is 24.9 Å². The van der Waals surface area contributed by atoms with Crippen molar-refractivity contribution in [2.75, 3.05) is 16.8 Å². The van der Waals surface area contributed by atoms with E-state index < -0.39 is 0 Å². The topological polar surface area (TPSA) is 61.4 Å². The van der Waals surface area contributed by atoms with Gasteiger partial charge < -0.3 is 15.5 Å². The summed E-state index contributed by atoms with van der Waals surface area (Å²) < 4.78 is 0. The zero-order valence-corrected chi connectivity index (χ0v) is 19.9. The number of nitrogens with zero attached hydrogens (tertiary/aromatic N) is 1. The van der Waals surface area contributed by atoms with Gasteiger partial charge in [0, 0.05) is 23.5 Å². The molecule has 6 heteroatoms. The number of thiocarbonyl (C=S) groups is 1. The van der Waals surface area contributed by atoms with Crippen LogP contribution in [0.3, 0.4) is 0 Å². The van der Waals surface area contributed by atoms with Crippen LogP contribution in [0.1, 0.15) is 55.8 Å². The van der Waals surface area contributed by atoms with Gasteiger partial charge in [-0.25, -0.2) is 0 Å². The van der Waals surface area contributed by atoms with Crippen molar-refractivity contribution in [1.29, 1.82) is 0 Å². The average molecular weight is 462 g/mol. The third kappa shape index (κ3) is 4.41. The molecule has 2 amide bonds. The second-order valence-corrected chi connectivity index (χ2v) is 10.5. The maximum atomic E-state index is 13.3. The standard InChI is InChI=1S/C27H31N3O2S/c1-2-30(23-9-4-3-5-10-23)24(31)21-7-6-8-22(14-21)28-26(33)29-25(32)27-15-18-11-19(16-27)13-20(12-18)17-27/h3-10,14,18-20H,2,11-13,15-17H2,1H3,(H2,28,29,32,33). The molecule has 2 aromatic carbocycles. The summed E-state index contributed by atoms with van der Waals surface area (Å²) in [6.45, 7) is 2.53. The minimum absolute atomic E-state index is 0.0733. The minimum atomic E-state index is -0.240. The lowest BCUT2D eigenvalue weighted by Gasteiger charge is -2.55. The van der Waals surface area contributed by atoms with Gasteiger partial charge in [-0.05, 0) is 106 Å². The third-order valence-electron chi connectivity index (χ3n) is 7.74. The first-order valence-electron chi connectivity index (χ1n) is 12.0. The van der Waals surface area contributed by atoms with Gasteiger partial charge in [0.25, 0.3) is 5.91 Å². The highest BCUT2D eigenvalue weighted by atomic mass is 32.1. The number of hydrogen-bond acceptors (Lipinski definition) is 3. The van der Waals surface area contributed by atoms with E-state index in [9.17, 15) is 9.59 Å². The Hall–Kier alpha value is -2.73. The number of nitrogens with one attached hydrogen (secondary N) is 2. The molecule has 6 rings (SSSR count). The quantitative estimate of drug-likeness (QED) is 0.587. The van der Waals surface area contributed by atoms with E-state index in [1.807, 2.05) is 49.4 Å². The molecule has 4 bridgehead atoms. The van der Waals surface area contributed by atoms with Crippen molar-refractivity contribution in [2.45, 2.75) is 45.4 Å². The molecule has 0 radical (unpaired) electrons. The van der Waals surface area contributed by atoms with Crippen LogP contribution in [0, 0.1) is 23.2 Å². The van der Waals surface area contributed by atoms with Crippen LogP contribution in [-0.2, 0) is 4.79 Å². The first-order chi connectivity index (χ1) is 16.0. The van der Waals surface area contributed by atoms with E-state index in [4.69, 9.17) is 12.2 Å². The highest BCUT2D eigenvalue weighted by Gasteiger charge is 2.54. The number of carbonyl (C=O) groups is 2. The molecule has 0 atom stereocenters. The summed E-state index contributed by atoms with van der Waals surface area (Å²) in [5, 5.41) is 6.41. The van der Waals surface area contributed by atoms with Gasteiger partial charge in [-0.2, -0.15) is 0 Å². The maximum Gasteiger partial charge on any atom is 0.258 e. The van der Waals surface area contributed by atoms with Gasteiger partial charge in [0.1, 0.15) is 0 Å². The number of rotatable bonds is 5. The fourth-order valence-corrected chi connectivity index (χ4v) is 6.93. The van der Waals surface area contributed by atoms with Crippen LogP contribution in [0.15, 0.2) is 54.6 Å². The summed E-state index contributed by atoms with van der Waals surface area (Å²) >= 11 is 5.49. The molecule has 0 heterocycles. The van der Waals surface area contributed by atoms with Crippen molar-refractivity contribution in [3.8, 4) is 0 Å². The molecule has 0 unspecified atom stereocenters. The molecular weight excluding hydrogens is 430 g/mol. The fourth-order valence-electron chi connectivity index (χ4n) is 6.72. The van der Waals surface area contributed by atoms with E-state index in [-0.39, 0.29) is 17.2 Å². The Balaban J connectivity index is 1.25. The Morgan fingerprint density at radius 1 is 0.970 bits per heavy atom. The van der Waals surface area contributed by atoms with E-state index >= 15 is 0 Å². The molecule has 2 aromatic rings. The number of para-hydroxylation sites is 1. The van der Waals surface area contributed by atoms with Crippen molar-refractivity contribution < 1.29 is 9.59 Å². The highest BCUT2D eigenvalue weighted by molar-refractivity contribution is 7.80. The van der Waals surface area contributed by atoms with Gasteiger partial charge in [-0.15, -0.1) is 0 Å². The molecule has 4 aliphatic rings. The predicted octanol–water partition coefficient (Wildman–Crippen LogP) is 5.38. The summed E-state index contributed by atoms with van der Waals surface area (Å²) in [7, 11) is 0. The van der Waals surface area contributed by atoms with Crippen LogP contribution < -0.4 is 15.5 Å².